The van der Waals surface area contributed by atoms with E-state index in [1.165, 1.54) is 0 Å². The SMILES string of the molecule is CCCNC1CCCc2[nH]c3cc(F)c(F)c(F)c3c21. The van der Waals surface area contributed by atoms with Gasteiger partial charge in [-0.1, -0.05) is 6.92 Å². The number of benzene rings is 1. The van der Waals surface area contributed by atoms with Crippen LogP contribution < -0.4 is 5.32 Å². The van der Waals surface area contributed by atoms with Crippen LogP contribution in [0.3, 0.4) is 0 Å². The van der Waals surface area contributed by atoms with E-state index in [0.29, 0.717) is 5.52 Å². The van der Waals surface area contributed by atoms with Crippen molar-refractivity contribution in [1.29, 1.82) is 0 Å². The van der Waals surface area contributed by atoms with Crippen LogP contribution >= 0.6 is 0 Å². The molecule has 3 rings (SSSR count). The van der Waals surface area contributed by atoms with Crippen LogP contribution in [0, 0.1) is 17.5 Å². The van der Waals surface area contributed by atoms with Crippen LogP contribution in [-0.4, -0.2) is 11.5 Å². The van der Waals surface area contributed by atoms with Crippen molar-refractivity contribution in [3.63, 3.8) is 0 Å². The highest BCUT2D eigenvalue weighted by Crippen LogP contribution is 2.38. The van der Waals surface area contributed by atoms with Crippen LogP contribution in [0.25, 0.3) is 10.9 Å². The smallest absolute Gasteiger partial charge is 0.195 e. The highest BCUT2D eigenvalue weighted by Gasteiger charge is 2.28. The molecule has 2 aromatic rings. The summed E-state index contributed by atoms with van der Waals surface area (Å²) in [5.74, 6) is -3.62. The summed E-state index contributed by atoms with van der Waals surface area (Å²) < 4.78 is 40.9. The fourth-order valence-corrected chi connectivity index (χ4v) is 3.07. The number of H-pyrrole nitrogens is 1. The van der Waals surface area contributed by atoms with Crippen LogP contribution in [0.2, 0.25) is 0 Å². The van der Waals surface area contributed by atoms with Crippen LogP contribution in [0.5, 0.6) is 0 Å². The Bertz CT molecular complexity index is 648. The van der Waals surface area contributed by atoms with Crippen LogP contribution in [0.1, 0.15) is 43.5 Å². The number of aromatic nitrogens is 1. The maximum Gasteiger partial charge on any atom is 0.195 e. The van der Waals surface area contributed by atoms with Gasteiger partial charge in [-0.3, -0.25) is 0 Å². The standard InChI is InChI=1S/C15H17F3N2/c1-2-6-19-9-4-3-5-10-12(9)13-11(20-10)7-8(16)14(17)15(13)18/h7,9,19-20H,2-6H2,1H3. The predicted octanol–water partition coefficient (Wildman–Crippen LogP) is 3.96. The summed E-state index contributed by atoms with van der Waals surface area (Å²) in [4.78, 5) is 3.04. The summed E-state index contributed by atoms with van der Waals surface area (Å²) >= 11 is 0. The zero-order valence-electron chi connectivity index (χ0n) is 11.3. The van der Waals surface area contributed by atoms with E-state index in [-0.39, 0.29) is 11.4 Å². The third-order valence-electron chi connectivity index (χ3n) is 3.95. The molecule has 2 N–H and O–H groups in total. The highest BCUT2D eigenvalue weighted by atomic mass is 19.2. The van der Waals surface area contributed by atoms with Gasteiger partial charge in [0.15, 0.2) is 17.5 Å². The Balaban J connectivity index is 2.18. The van der Waals surface area contributed by atoms with Crippen molar-refractivity contribution in [2.24, 2.45) is 0 Å². The summed E-state index contributed by atoms with van der Waals surface area (Å²) in [5, 5.41) is 3.57. The average Bonchev–Trinajstić information content (AvgIpc) is 2.81. The normalized spacial score (nSPS) is 18.5. The van der Waals surface area contributed by atoms with Gasteiger partial charge in [-0.15, -0.1) is 0 Å². The van der Waals surface area contributed by atoms with Crippen molar-refractivity contribution in [1.82, 2.24) is 10.3 Å². The molecule has 0 aliphatic heterocycles. The number of halogens is 3. The monoisotopic (exact) mass is 282 g/mol. The Morgan fingerprint density at radius 2 is 2.10 bits per heavy atom. The van der Waals surface area contributed by atoms with Gasteiger partial charge >= 0.3 is 0 Å². The molecule has 0 amide bonds. The van der Waals surface area contributed by atoms with E-state index in [1.54, 1.807) is 0 Å². The third-order valence-corrected chi connectivity index (χ3v) is 3.95. The van der Waals surface area contributed by atoms with E-state index in [2.05, 4.69) is 17.2 Å². The minimum Gasteiger partial charge on any atom is -0.358 e. The topological polar surface area (TPSA) is 27.8 Å². The molecule has 108 valence electrons. The Kier molecular flexibility index (Phi) is 3.46. The van der Waals surface area contributed by atoms with Gasteiger partial charge in [-0.25, -0.2) is 13.2 Å². The van der Waals surface area contributed by atoms with Crippen molar-refractivity contribution >= 4 is 10.9 Å². The van der Waals surface area contributed by atoms with Gasteiger partial charge in [0.25, 0.3) is 0 Å². The van der Waals surface area contributed by atoms with E-state index in [4.69, 9.17) is 0 Å². The second kappa shape index (κ2) is 5.13. The molecule has 1 aromatic heterocycles. The van der Waals surface area contributed by atoms with Gasteiger partial charge in [0.1, 0.15) is 0 Å². The lowest BCUT2D eigenvalue weighted by Crippen LogP contribution is -2.25. The first-order valence-electron chi connectivity index (χ1n) is 7.04. The molecule has 20 heavy (non-hydrogen) atoms. The molecule has 0 spiro atoms. The number of aromatic amines is 1. The summed E-state index contributed by atoms with van der Waals surface area (Å²) in [6.45, 7) is 2.88. The molecular formula is C15H17F3N2. The lowest BCUT2D eigenvalue weighted by atomic mass is 9.90. The number of hydrogen-bond donors (Lipinski definition) is 2. The Labute approximate surface area is 115 Å². The highest BCUT2D eigenvalue weighted by molar-refractivity contribution is 5.86. The minimum atomic E-state index is -1.39. The van der Waals surface area contributed by atoms with Crippen molar-refractivity contribution < 1.29 is 13.2 Å². The fourth-order valence-electron chi connectivity index (χ4n) is 3.07. The molecule has 2 nitrogen and oxygen atoms in total. The first-order chi connectivity index (χ1) is 9.63. The zero-order valence-corrected chi connectivity index (χ0v) is 11.3. The number of aryl methyl sites for hydroxylation is 1. The zero-order chi connectivity index (χ0) is 14.3. The molecule has 1 heterocycles. The van der Waals surface area contributed by atoms with Gasteiger partial charge < -0.3 is 10.3 Å². The summed E-state index contributed by atoms with van der Waals surface area (Å²) in [6.07, 6.45) is 3.63. The number of hydrogen-bond acceptors (Lipinski definition) is 1. The molecule has 1 aliphatic carbocycles. The van der Waals surface area contributed by atoms with Gasteiger partial charge in [0.05, 0.1) is 5.52 Å². The van der Waals surface area contributed by atoms with E-state index < -0.39 is 17.5 Å². The molecule has 1 atom stereocenters. The van der Waals surface area contributed by atoms with E-state index in [1.807, 2.05) is 0 Å². The summed E-state index contributed by atoms with van der Waals surface area (Å²) in [5.41, 5.74) is 2.01. The number of rotatable bonds is 3. The van der Waals surface area contributed by atoms with Crippen LogP contribution in [-0.2, 0) is 6.42 Å². The predicted molar refractivity (Wildman–Crippen MR) is 72.1 cm³/mol. The Morgan fingerprint density at radius 1 is 1.30 bits per heavy atom. The lowest BCUT2D eigenvalue weighted by Gasteiger charge is -2.24. The maximum absolute atomic E-state index is 14.1. The molecule has 0 bridgehead atoms. The van der Waals surface area contributed by atoms with Crippen LogP contribution in [0.4, 0.5) is 13.2 Å². The molecule has 0 radical (unpaired) electrons. The third kappa shape index (κ3) is 2.00. The van der Waals surface area contributed by atoms with Crippen molar-refractivity contribution in [2.45, 2.75) is 38.6 Å². The number of nitrogens with one attached hydrogen (secondary N) is 2. The average molecular weight is 282 g/mol. The molecule has 1 unspecified atom stereocenters. The summed E-state index contributed by atoms with van der Waals surface area (Å²) in [7, 11) is 0. The molecular weight excluding hydrogens is 265 g/mol. The molecule has 1 aromatic carbocycles. The molecule has 0 saturated carbocycles. The summed E-state index contributed by atoms with van der Waals surface area (Å²) in [6, 6.07) is 1.05. The fraction of sp³-hybridized carbons (Fsp3) is 0.467. The Morgan fingerprint density at radius 3 is 2.85 bits per heavy atom. The first-order valence-corrected chi connectivity index (χ1v) is 7.04. The minimum absolute atomic E-state index is 0.00631. The van der Waals surface area contributed by atoms with E-state index >= 15 is 0 Å². The quantitative estimate of drug-likeness (QED) is 0.819. The second-order valence-electron chi connectivity index (χ2n) is 5.33. The van der Waals surface area contributed by atoms with Crippen molar-refractivity contribution in [3.8, 4) is 0 Å². The lowest BCUT2D eigenvalue weighted by molar-refractivity contribution is 0.447. The maximum atomic E-state index is 14.1. The van der Waals surface area contributed by atoms with Crippen LogP contribution in [0.15, 0.2) is 6.07 Å². The number of fused-ring (bicyclic) bond motifs is 3. The molecule has 0 saturated heterocycles. The van der Waals surface area contributed by atoms with Crippen molar-refractivity contribution in [3.05, 3.63) is 34.8 Å². The van der Waals surface area contributed by atoms with E-state index in [9.17, 15) is 13.2 Å². The molecule has 0 fully saturated rings. The Hall–Kier alpha value is -1.49. The first kappa shape index (κ1) is 13.5. The largest absolute Gasteiger partial charge is 0.358 e. The van der Waals surface area contributed by atoms with Gasteiger partial charge in [-0.2, -0.15) is 0 Å². The van der Waals surface area contributed by atoms with Gasteiger partial charge in [0.2, 0.25) is 0 Å². The van der Waals surface area contributed by atoms with Crippen molar-refractivity contribution in [2.75, 3.05) is 6.54 Å². The van der Waals surface area contributed by atoms with Gasteiger partial charge in [0, 0.05) is 28.8 Å². The molecule has 1 aliphatic rings. The van der Waals surface area contributed by atoms with E-state index in [0.717, 1.165) is 49.6 Å². The molecule has 5 heteroatoms. The second-order valence-corrected chi connectivity index (χ2v) is 5.33. The van der Waals surface area contributed by atoms with Gasteiger partial charge in [-0.05, 0) is 32.2 Å².